The molecule has 0 aliphatic carbocycles. The molecule has 4 aromatic rings. The van der Waals surface area contributed by atoms with E-state index in [0.717, 1.165) is 33.8 Å². The lowest BCUT2D eigenvalue weighted by Gasteiger charge is -2.15. The summed E-state index contributed by atoms with van der Waals surface area (Å²) >= 11 is 6.93. The number of carbonyl (C=O) groups is 1. The van der Waals surface area contributed by atoms with E-state index in [4.69, 9.17) is 31.5 Å². The third-order valence-electron chi connectivity index (χ3n) is 6.50. The molecule has 2 heterocycles. The molecule has 9 heteroatoms. The van der Waals surface area contributed by atoms with Gasteiger partial charge in [0.25, 0.3) is 5.91 Å². The van der Waals surface area contributed by atoms with Gasteiger partial charge in [0.05, 0.1) is 36.6 Å². The fourth-order valence-electron chi connectivity index (χ4n) is 4.50. The summed E-state index contributed by atoms with van der Waals surface area (Å²) in [7, 11) is 3.21. The zero-order valence-electron chi connectivity index (χ0n) is 23.4. The molecule has 0 N–H and O–H groups in total. The second-order valence-electron chi connectivity index (χ2n) is 9.68. The van der Waals surface area contributed by atoms with Crippen LogP contribution in [0.15, 0.2) is 83.9 Å². The van der Waals surface area contributed by atoms with E-state index in [1.165, 1.54) is 11.8 Å². The summed E-state index contributed by atoms with van der Waals surface area (Å²) < 4.78 is 18.9. The summed E-state index contributed by atoms with van der Waals surface area (Å²) in [4.78, 5) is 15.7. The quantitative estimate of drug-likeness (QED) is 0.150. The summed E-state index contributed by atoms with van der Waals surface area (Å²) in [5.41, 5.74) is 4.46. The third kappa shape index (κ3) is 6.47. The Balaban J connectivity index is 1.42. The van der Waals surface area contributed by atoms with Crippen LogP contribution in [0.1, 0.15) is 25.0 Å². The molecular formula is C32H31N3O4S2. The molecule has 41 heavy (non-hydrogen) atoms. The molecule has 1 fully saturated rings. The van der Waals surface area contributed by atoms with E-state index in [2.05, 4.69) is 0 Å². The minimum absolute atomic E-state index is 0.0855. The van der Waals surface area contributed by atoms with Crippen molar-refractivity contribution < 1.29 is 19.0 Å². The van der Waals surface area contributed by atoms with Crippen molar-refractivity contribution in [3.8, 4) is 34.2 Å². The maximum atomic E-state index is 13.5. The molecule has 0 unspecified atom stereocenters. The molecule has 0 radical (unpaired) electrons. The number of hydrogen-bond donors (Lipinski definition) is 0. The van der Waals surface area contributed by atoms with E-state index in [0.29, 0.717) is 33.7 Å². The number of aromatic nitrogens is 2. The molecule has 0 saturated carbocycles. The van der Waals surface area contributed by atoms with E-state index in [1.54, 1.807) is 19.1 Å². The van der Waals surface area contributed by atoms with Crippen molar-refractivity contribution in [2.75, 3.05) is 20.8 Å². The maximum absolute atomic E-state index is 13.5. The maximum Gasteiger partial charge on any atom is 0.266 e. The highest BCUT2D eigenvalue weighted by molar-refractivity contribution is 8.26. The average molecular weight is 586 g/mol. The van der Waals surface area contributed by atoms with Gasteiger partial charge in [-0.2, -0.15) is 5.10 Å². The van der Waals surface area contributed by atoms with Gasteiger partial charge in [-0.3, -0.25) is 9.69 Å². The number of carbonyl (C=O) groups excluding carboxylic acids is 1. The third-order valence-corrected chi connectivity index (χ3v) is 7.87. The van der Waals surface area contributed by atoms with Crippen molar-refractivity contribution >= 4 is 40.3 Å². The van der Waals surface area contributed by atoms with Gasteiger partial charge in [-0.25, -0.2) is 4.68 Å². The smallest absolute Gasteiger partial charge is 0.266 e. The van der Waals surface area contributed by atoms with Crippen LogP contribution in [0.5, 0.6) is 17.2 Å². The van der Waals surface area contributed by atoms with Gasteiger partial charge in [0.15, 0.2) is 11.5 Å². The lowest BCUT2D eigenvalue weighted by molar-refractivity contribution is -0.122. The lowest BCUT2D eigenvalue weighted by Crippen LogP contribution is -2.30. The predicted molar refractivity (Wildman–Crippen MR) is 168 cm³/mol. The Hall–Kier alpha value is -4.08. The monoisotopic (exact) mass is 585 g/mol. The first-order chi connectivity index (χ1) is 19.9. The number of para-hydroxylation sites is 1. The normalized spacial score (nSPS) is 14.3. The molecule has 210 valence electrons. The van der Waals surface area contributed by atoms with Crippen molar-refractivity contribution in [1.82, 2.24) is 14.7 Å². The molecule has 1 aliphatic rings. The fraction of sp³-hybridized carbons (Fsp3) is 0.219. The Bertz CT molecular complexity index is 1580. The van der Waals surface area contributed by atoms with Crippen LogP contribution in [-0.2, 0) is 11.2 Å². The highest BCUT2D eigenvalue weighted by Gasteiger charge is 2.32. The Morgan fingerprint density at radius 1 is 0.976 bits per heavy atom. The average Bonchev–Trinajstić information content (AvgIpc) is 3.52. The second-order valence-corrected chi connectivity index (χ2v) is 11.4. The SMILES string of the molecule is COc1ccc(CCN2C(=O)/C(=C/c3cn(-c4ccccc4)nc3-c3ccc(OC(C)C)cc3)SC2=S)cc1OC. The number of nitrogens with zero attached hydrogens (tertiary/aromatic N) is 3. The van der Waals surface area contributed by atoms with Gasteiger partial charge in [0, 0.05) is 23.9 Å². The zero-order chi connectivity index (χ0) is 28.9. The summed E-state index contributed by atoms with van der Waals surface area (Å²) in [5, 5.41) is 4.90. The van der Waals surface area contributed by atoms with Gasteiger partial charge in [-0.05, 0) is 80.4 Å². The van der Waals surface area contributed by atoms with E-state index in [9.17, 15) is 4.79 Å². The van der Waals surface area contributed by atoms with Crippen LogP contribution < -0.4 is 14.2 Å². The number of benzene rings is 3. The molecule has 0 spiro atoms. The minimum atomic E-state index is -0.112. The Kier molecular flexibility index (Phi) is 8.75. The fourth-order valence-corrected chi connectivity index (χ4v) is 5.80. The number of thioether (sulfide) groups is 1. The first-order valence-corrected chi connectivity index (χ1v) is 14.5. The number of amides is 1. The van der Waals surface area contributed by atoms with E-state index in [-0.39, 0.29) is 12.0 Å². The molecule has 1 amide bonds. The molecule has 1 saturated heterocycles. The second kappa shape index (κ2) is 12.6. The summed E-state index contributed by atoms with van der Waals surface area (Å²) in [6, 6.07) is 23.5. The van der Waals surface area contributed by atoms with Crippen LogP contribution in [0.25, 0.3) is 23.0 Å². The van der Waals surface area contributed by atoms with Crippen molar-refractivity contribution in [2.45, 2.75) is 26.4 Å². The molecule has 0 bridgehead atoms. The topological polar surface area (TPSA) is 65.8 Å². The number of thiocarbonyl (C=S) groups is 1. The van der Waals surface area contributed by atoms with E-state index in [1.807, 2.05) is 104 Å². The first-order valence-electron chi connectivity index (χ1n) is 13.2. The Labute approximate surface area is 249 Å². The van der Waals surface area contributed by atoms with Crippen LogP contribution in [0.3, 0.4) is 0 Å². The van der Waals surface area contributed by atoms with Gasteiger partial charge in [0.1, 0.15) is 10.1 Å². The van der Waals surface area contributed by atoms with Gasteiger partial charge in [-0.1, -0.05) is 48.2 Å². The molecule has 1 aliphatic heterocycles. The standard InChI is InChI=1S/C32H31N3O4S2/c1-21(2)39-26-13-11-23(12-14-26)30-24(20-35(33-30)25-8-6-5-7-9-25)19-29-31(36)34(32(40)41-29)17-16-22-10-15-27(37-3)28(18-22)38-4/h5-15,18-21H,16-17H2,1-4H3/b29-19-. The number of methoxy groups -OCH3 is 2. The van der Waals surface area contributed by atoms with Gasteiger partial charge >= 0.3 is 0 Å². The van der Waals surface area contributed by atoms with Gasteiger partial charge in [0.2, 0.25) is 0 Å². The first kappa shape index (κ1) is 28.4. The van der Waals surface area contributed by atoms with Crippen molar-refractivity contribution in [1.29, 1.82) is 0 Å². The highest BCUT2D eigenvalue weighted by Crippen LogP contribution is 2.36. The van der Waals surface area contributed by atoms with Crippen LogP contribution in [0, 0.1) is 0 Å². The van der Waals surface area contributed by atoms with Crippen molar-refractivity contribution in [3.05, 3.63) is 95.0 Å². The van der Waals surface area contributed by atoms with Crippen molar-refractivity contribution in [2.24, 2.45) is 0 Å². The summed E-state index contributed by atoms with van der Waals surface area (Å²) in [6.45, 7) is 4.46. The molecule has 5 rings (SSSR count). The van der Waals surface area contributed by atoms with E-state index < -0.39 is 0 Å². The molecule has 3 aromatic carbocycles. The van der Waals surface area contributed by atoms with Crippen LogP contribution in [0.4, 0.5) is 0 Å². The largest absolute Gasteiger partial charge is 0.493 e. The van der Waals surface area contributed by atoms with Crippen molar-refractivity contribution in [3.63, 3.8) is 0 Å². The minimum Gasteiger partial charge on any atom is -0.493 e. The molecule has 0 atom stereocenters. The predicted octanol–water partition coefficient (Wildman–Crippen LogP) is 6.79. The van der Waals surface area contributed by atoms with Gasteiger partial charge in [-0.15, -0.1) is 0 Å². The number of hydrogen-bond acceptors (Lipinski definition) is 7. The van der Waals surface area contributed by atoms with Crippen LogP contribution in [0.2, 0.25) is 0 Å². The summed E-state index contributed by atoms with van der Waals surface area (Å²) in [5.74, 6) is 2.00. The number of rotatable bonds is 10. The Morgan fingerprint density at radius 3 is 2.39 bits per heavy atom. The Morgan fingerprint density at radius 2 is 1.71 bits per heavy atom. The van der Waals surface area contributed by atoms with Gasteiger partial charge < -0.3 is 14.2 Å². The van der Waals surface area contributed by atoms with E-state index >= 15 is 0 Å². The molecular weight excluding hydrogens is 555 g/mol. The lowest BCUT2D eigenvalue weighted by atomic mass is 10.1. The van der Waals surface area contributed by atoms with Crippen LogP contribution >= 0.6 is 24.0 Å². The molecule has 1 aromatic heterocycles. The highest BCUT2D eigenvalue weighted by atomic mass is 32.2. The summed E-state index contributed by atoms with van der Waals surface area (Å²) in [6.07, 6.45) is 4.54. The molecule has 7 nitrogen and oxygen atoms in total. The number of ether oxygens (including phenoxy) is 3. The zero-order valence-corrected chi connectivity index (χ0v) is 25.0. The van der Waals surface area contributed by atoms with Crippen LogP contribution in [-0.4, -0.2) is 51.8 Å².